The number of fused-ring (bicyclic) bond motifs is 2. The van der Waals surface area contributed by atoms with Crippen molar-refractivity contribution < 1.29 is 14.6 Å². The van der Waals surface area contributed by atoms with Crippen LogP contribution in [0.25, 0.3) is 17.0 Å². The van der Waals surface area contributed by atoms with Crippen molar-refractivity contribution in [2.24, 2.45) is 9.98 Å². The minimum Gasteiger partial charge on any atom is -0.494 e. The highest BCUT2D eigenvalue weighted by Crippen LogP contribution is 2.36. The van der Waals surface area contributed by atoms with Crippen LogP contribution in [0.1, 0.15) is 18.4 Å². The summed E-state index contributed by atoms with van der Waals surface area (Å²) in [5.74, 6) is 0.901. The van der Waals surface area contributed by atoms with Crippen LogP contribution >= 0.6 is 0 Å². The topological polar surface area (TPSA) is 79.2 Å². The molecule has 1 fully saturated rings. The van der Waals surface area contributed by atoms with Crippen LogP contribution in [0, 0.1) is 0 Å². The van der Waals surface area contributed by atoms with Crippen molar-refractivity contribution in [3.63, 3.8) is 0 Å². The Bertz CT molecular complexity index is 1160. The number of aromatic hydroxyl groups is 1. The van der Waals surface area contributed by atoms with Gasteiger partial charge in [-0.2, -0.15) is 0 Å². The Morgan fingerprint density at radius 1 is 1.19 bits per heavy atom. The summed E-state index contributed by atoms with van der Waals surface area (Å²) in [7, 11) is 0. The summed E-state index contributed by atoms with van der Waals surface area (Å²) in [5.41, 5.74) is 2.39. The van der Waals surface area contributed by atoms with E-state index in [1.165, 1.54) is 0 Å². The van der Waals surface area contributed by atoms with Crippen LogP contribution in [-0.4, -0.2) is 35.7 Å². The van der Waals surface area contributed by atoms with Gasteiger partial charge in [0.2, 0.25) is 0 Å². The molecule has 0 bridgehead atoms. The maximum Gasteiger partial charge on any atom is 0.197 e. The van der Waals surface area contributed by atoms with Gasteiger partial charge in [0, 0.05) is 18.4 Å². The maximum absolute atomic E-state index is 10.5. The molecule has 1 aromatic heterocycles. The third kappa shape index (κ3) is 2.98. The molecule has 27 heavy (non-hydrogen) atoms. The van der Waals surface area contributed by atoms with Crippen LogP contribution in [0.2, 0.25) is 0 Å². The van der Waals surface area contributed by atoms with Gasteiger partial charge >= 0.3 is 0 Å². The molecule has 2 N–H and O–H groups in total. The molecule has 5 rings (SSSR count). The summed E-state index contributed by atoms with van der Waals surface area (Å²) in [6.45, 7) is 1.44. The molecule has 6 nitrogen and oxygen atoms in total. The number of rotatable bonds is 3. The average Bonchev–Trinajstić information content (AvgIpc) is 3.27. The zero-order chi connectivity index (χ0) is 18.2. The Balaban J connectivity index is 1.61. The molecule has 0 amide bonds. The van der Waals surface area contributed by atoms with Gasteiger partial charge in [-0.15, -0.1) is 0 Å². The highest BCUT2D eigenvalue weighted by Gasteiger charge is 2.19. The van der Waals surface area contributed by atoms with Crippen LogP contribution in [0.5, 0.6) is 11.6 Å². The van der Waals surface area contributed by atoms with Gasteiger partial charge in [-0.25, -0.2) is 9.98 Å². The zero-order valence-corrected chi connectivity index (χ0v) is 14.7. The predicted octanol–water partition coefficient (Wildman–Crippen LogP) is 2.55. The van der Waals surface area contributed by atoms with E-state index in [9.17, 15) is 5.11 Å². The zero-order valence-electron chi connectivity index (χ0n) is 14.7. The minimum absolute atomic E-state index is 0.127. The lowest BCUT2D eigenvalue weighted by Crippen LogP contribution is -2.25. The number of benzene rings is 2. The van der Waals surface area contributed by atoms with Crippen molar-refractivity contribution in [1.29, 1.82) is 0 Å². The molecule has 2 aliphatic heterocycles. The Labute approximate surface area is 155 Å². The Hall–Kier alpha value is -3.12. The molecule has 0 unspecified atom stereocenters. The van der Waals surface area contributed by atoms with Crippen LogP contribution in [0.3, 0.4) is 0 Å². The highest BCUT2D eigenvalue weighted by atomic mass is 16.5. The summed E-state index contributed by atoms with van der Waals surface area (Å²) >= 11 is 0. The van der Waals surface area contributed by atoms with E-state index < -0.39 is 0 Å². The first-order valence-electron chi connectivity index (χ1n) is 9.08. The maximum atomic E-state index is 10.5. The van der Waals surface area contributed by atoms with E-state index in [2.05, 4.69) is 15.0 Å². The molecule has 2 aromatic carbocycles. The van der Waals surface area contributed by atoms with Crippen LogP contribution < -0.4 is 15.3 Å². The molecular weight excluding hydrogens is 342 g/mol. The number of nitrogens with one attached hydrogen (secondary N) is 1. The van der Waals surface area contributed by atoms with Crippen molar-refractivity contribution >= 4 is 29.0 Å². The first kappa shape index (κ1) is 16.1. The number of aliphatic imine (C=N–C) groups is 1. The third-order valence-corrected chi connectivity index (χ3v) is 4.97. The van der Waals surface area contributed by atoms with Gasteiger partial charge in [-0.1, -0.05) is 12.1 Å². The summed E-state index contributed by atoms with van der Waals surface area (Å²) in [6, 6.07) is 11.7. The standard InChI is InChI=1S/C21H19N3O3/c25-21-15(10-13-4-5-16-18(11-13)23-12-22-16)20-17(24-21)2-1-3-19(20)27-14-6-8-26-9-7-14/h1-5,10-12,14,24-25H,6-9H2/b13-10+. The lowest BCUT2D eigenvalue weighted by atomic mass is 10.1. The molecule has 0 spiro atoms. The molecule has 0 atom stereocenters. The lowest BCUT2D eigenvalue weighted by Gasteiger charge is -2.23. The van der Waals surface area contributed by atoms with Gasteiger partial charge in [0.25, 0.3) is 0 Å². The lowest BCUT2D eigenvalue weighted by molar-refractivity contribution is 0.0262. The number of hydrogen-bond donors (Lipinski definition) is 2. The quantitative estimate of drug-likeness (QED) is 0.752. The van der Waals surface area contributed by atoms with Gasteiger partial charge < -0.3 is 19.6 Å². The SMILES string of the molecule is Oc1[nH]c2cccc(OC3CCOCC3)c2c1/C=c1\ccc2c(c1)N=CN=2. The number of aromatic nitrogens is 1. The van der Waals surface area contributed by atoms with Crippen molar-refractivity contribution in [3.8, 4) is 11.6 Å². The molecule has 1 saturated heterocycles. The number of H-pyrrole nitrogens is 1. The minimum atomic E-state index is 0.127. The van der Waals surface area contributed by atoms with Gasteiger partial charge in [0.1, 0.15) is 18.2 Å². The highest BCUT2D eigenvalue weighted by molar-refractivity contribution is 5.96. The van der Waals surface area contributed by atoms with Crippen LogP contribution in [0.15, 0.2) is 46.4 Å². The van der Waals surface area contributed by atoms with E-state index in [0.717, 1.165) is 59.0 Å². The smallest absolute Gasteiger partial charge is 0.197 e. The van der Waals surface area contributed by atoms with Crippen molar-refractivity contribution in [2.75, 3.05) is 13.2 Å². The first-order valence-corrected chi connectivity index (χ1v) is 9.08. The number of nitrogens with zero attached hydrogens (tertiary/aromatic N) is 2. The largest absolute Gasteiger partial charge is 0.494 e. The van der Waals surface area contributed by atoms with Crippen molar-refractivity contribution in [3.05, 3.63) is 52.5 Å². The van der Waals surface area contributed by atoms with Crippen molar-refractivity contribution in [2.45, 2.75) is 18.9 Å². The molecule has 136 valence electrons. The summed E-state index contributed by atoms with van der Waals surface area (Å²) < 4.78 is 11.7. The Morgan fingerprint density at radius 2 is 2.07 bits per heavy atom. The van der Waals surface area contributed by atoms with Gasteiger partial charge in [-0.05, 0) is 35.6 Å². The van der Waals surface area contributed by atoms with Crippen molar-refractivity contribution in [1.82, 2.24) is 4.98 Å². The fourth-order valence-corrected chi connectivity index (χ4v) is 3.60. The fourth-order valence-electron chi connectivity index (χ4n) is 3.60. The van der Waals surface area contributed by atoms with Gasteiger partial charge in [-0.3, -0.25) is 0 Å². The average molecular weight is 361 g/mol. The van der Waals surface area contributed by atoms with Gasteiger partial charge in [0.05, 0.1) is 35.2 Å². The van der Waals surface area contributed by atoms with E-state index >= 15 is 0 Å². The summed E-state index contributed by atoms with van der Waals surface area (Å²) in [6.07, 6.45) is 5.37. The molecule has 2 aliphatic rings. The fraction of sp³-hybridized carbons (Fsp3) is 0.238. The first-order chi connectivity index (χ1) is 13.3. The van der Waals surface area contributed by atoms with E-state index in [-0.39, 0.29) is 12.0 Å². The van der Waals surface area contributed by atoms with E-state index in [4.69, 9.17) is 9.47 Å². The normalized spacial score (nSPS) is 17.3. The van der Waals surface area contributed by atoms with Crippen LogP contribution in [-0.2, 0) is 4.74 Å². The molecule has 3 aromatic rings. The molecule has 0 radical (unpaired) electrons. The Morgan fingerprint density at radius 3 is 2.96 bits per heavy atom. The second-order valence-electron chi connectivity index (χ2n) is 6.76. The molecule has 0 saturated carbocycles. The third-order valence-electron chi connectivity index (χ3n) is 4.97. The number of ether oxygens (including phenoxy) is 2. The van der Waals surface area contributed by atoms with E-state index in [0.29, 0.717) is 5.56 Å². The molecule has 6 heteroatoms. The van der Waals surface area contributed by atoms with E-state index in [1.54, 1.807) is 6.34 Å². The Kier molecular flexibility index (Phi) is 3.90. The number of hydrogen-bond acceptors (Lipinski definition) is 5. The van der Waals surface area contributed by atoms with Crippen LogP contribution in [0.4, 0.5) is 5.69 Å². The molecular formula is C21H19N3O3. The number of aromatic amines is 1. The van der Waals surface area contributed by atoms with Gasteiger partial charge in [0.15, 0.2) is 5.88 Å². The summed E-state index contributed by atoms with van der Waals surface area (Å²) in [4.78, 5) is 11.5. The second kappa shape index (κ2) is 6.55. The monoisotopic (exact) mass is 361 g/mol. The molecule has 3 heterocycles. The summed E-state index contributed by atoms with van der Waals surface area (Å²) in [5, 5.41) is 13.2. The molecule has 0 aliphatic carbocycles. The predicted molar refractivity (Wildman–Crippen MR) is 103 cm³/mol. The second-order valence-corrected chi connectivity index (χ2v) is 6.76. The van der Waals surface area contributed by atoms with E-state index in [1.807, 2.05) is 42.5 Å².